The highest BCUT2D eigenvalue weighted by Crippen LogP contribution is 2.39. The zero-order valence-electron chi connectivity index (χ0n) is 41.9. The zero-order valence-corrected chi connectivity index (χ0v) is 42.7. The van der Waals surface area contributed by atoms with Gasteiger partial charge in [-0.15, -0.1) is 0 Å². The van der Waals surface area contributed by atoms with Crippen LogP contribution >= 0.6 is 0 Å². The molecule has 0 aliphatic carbocycles. The van der Waals surface area contributed by atoms with Gasteiger partial charge < -0.3 is 144 Å². The molecule has 22 fully saturated rings. The molecule has 22 saturated heterocycles. The summed E-state index contributed by atoms with van der Waals surface area (Å²) in [5.41, 5.74) is 1.02. The van der Waals surface area contributed by atoms with E-state index in [0.717, 1.165) is 0 Å². The summed E-state index contributed by atoms with van der Waals surface area (Å²) in [6.07, 6.45) is -61.6. The Hall–Kier alpha value is -2.03. The Labute approximate surface area is 443 Å². The Morgan fingerprint density at radius 3 is 0.808 bits per heavy atom. The van der Waals surface area contributed by atoms with Crippen molar-refractivity contribution in [2.45, 2.75) is 210 Å². The number of rotatable bonds is 9. The predicted molar refractivity (Wildman–Crippen MR) is 243 cm³/mol. The molecule has 78 heavy (non-hydrogen) atoms. The third-order valence-electron chi connectivity index (χ3n) is 14.7. The van der Waals surface area contributed by atoms with Gasteiger partial charge in [0.05, 0.1) is 44.5 Å². The number of hydrogen-bond acceptors (Lipinski definition) is 32. The maximum atomic E-state index is 14.3. The van der Waals surface area contributed by atoms with Crippen LogP contribution in [0.2, 0.25) is 0 Å². The summed E-state index contributed by atoms with van der Waals surface area (Å²) < 4.78 is 104. The van der Waals surface area contributed by atoms with Crippen molar-refractivity contribution in [3.05, 3.63) is 28.8 Å². The molecule has 0 saturated carbocycles. The third-order valence-corrected chi connectivity index (χ3v) is 16.4. The van der Waals surface area contributed by atoms with Crippen LogP contribution in [0, 0.1) is 20.8 Å². The molecule has 22 heterocycles. The fraction of sp³-hybridized carbons (Fsp3) is 0.867. The second-order valence-corrected chi connectivity index (χ2v) is 21.6. The van der Waals surface area contributed by atoms with Crippen molar-refractivity contribution in [3.8, 4) is 0 Å². The Balaban J connectivity index is 1.16. The predicted octanol–water partition coefficient (Wildman–Crippen LogP) is -10.7. The highest BCUT2D eigenvalue weighted by molar-refractivity contribution is 7.86. The highest BCUT2D eigenvalue weighted by atomic mass is 32.2. The summed E-state index contributed by atoms with van der Waals surface area (Å²) in [5, 5.41) is 189. The average Bonchev–Trinajstić information content (AvgIpc) is 3.45. The van der Waals surface area contributed by atoms with Crippen molar-refractivity contribution in [2.75, 3.05) is 39.6 Å². The van der Waals surface area contributed by atoms with E-state index >= 15 is 0 Å². The van der Waals surface area contributed by atoms with Gasteiger partial charge in [-0.1, -0.05) is 17.7 Å². The van der Waals surface area contributed by atoms with Gasteiger partial charge in [0.1, 0.15) is 140 Å². The minimum atomic E-state index is -5.02. The summed E-state index contributed by atoms with van der Waals surface area (Å²) in [5.74, 6) is 0. The molecule has 30 unspecified atom stereocenters. The van der Waals surface area contributed by atoms with E-state index in [1.807, 2.05) is 0 Å². The van der Waals surface area contributed by atoms with E-state index in [1.54, 1.807) is 6.92 Å². The molecular weight excluding hydrogens is 1080 g/mol. The Bertz CT molecular complexity index is 2200. The Morgan fingerprint density at radius 1 is 0.346 bits per heavy atom. The Morgan fingerprint density at radius 2 is 0.564 bits per heavy atom. The molecule has 1 aromatic carbocycles. The molecule has 23 rings (SSSR count). The number of ether oxygens (including phenoxy) is 12. The quantitative estimate of drug-likeness (QED) is 0.102. The summed E-state index contributed by atoms with van der Waals surface area (Å²) in [4.78, 5) is -0.377. The van der Waals surface area contributed by atoms with Crippen molar-refractivity contribution in [1.29, 1.82) is 0 Å². The number of aliphatic hydroxyl groups excluding tert-OH is 17. The molecule has 448 valence electrons. The summed E-state index contributed by atoms with van der Waals surface area (Å²) in [6.45, 7) is -1.81. The molecule has 17 N–H and O–H groups in total. The minimum absolute atomic E-state index is 0.181. The number of hydrogen-bond donors (Lipinski definition) is 17. The first kappa shape index (κ1) is 62.0. The summed E-state index contributed by atoms with van der Waals surface area (Å²) in [6, 6.07) is 3.02. The maximum absolute atomic E-state index is 14.3. The molecule has 33 heteroatoms. The highest BCUT2D eigenvalue weighted by Gasteiger charge is 2.59. The number of aryl methyl sites for hydroxylation is 3. The fourth-order valence-electron chi connectivity index (χ4n) is 10.8. The monoisotopic (exact) mass is 1150 g/mol. The molecule has 22 aliphatic heterocycles. The van der Waals surface area contributed by atoms with Gasteiger partial charge in [0.2, 0.25) is 0 Å². The lowest BCUT2D eigenvalue weighted by atomic mass is 9.94. The van der Waals surface area contributed by atoms with E-state index in [4.69, 9.17) is 61.0 Å². The second-order valence-electron chi connectivity index (χ2n) is 20.1. The molecule has 30 atom stereocenters. The van der Waals surface area contributed by atoms with E-state index in [0.29, 0.717) is 5.56 Å². The van der Waals surface area contributed by atoms with E-state index in [9.17, 15) is 95.2 Å². The van der Waals surface area contributed by atoms with Crippen molar-refractivity contribution < 1.29 is 156 Å². The van der Waals surface area contributed by atoms with E-state index in [-0.39, 0.29) is 16.0 Å². The van der Waals surface area contributed by atoms with Gasteiger partial charge in [-0.25, -0.2) is 0 Å². The molecule has 0 radical (unpaired) electrons. The molecule has 1 aromatic rings. The van der Waals surface area contributed by atoms with Crippen LogP contribution in [-0.2, 0) is 71.1 Å². The third kappa shape index (κ3) is 12.0. The second kappa shape index (κ2) is 25.4. The van der Waals surface area contributed by atoms with Gasteiger partial charge in [-0.05, 0) is 31.9 Å². The molecule has 32 nitrogen and oxygen atoms in total. The van der Waals surface area contributed by atoms with Crippen LogP contribution in [0.5, 0.6) is 0 Å². The lowest BCUT2D eigenvalue weighted by Crippen LogP contribution is -2.69. The van der Waals surface area contributed by atoms with Crippen LogP contribution in [0.1, 0.15) is 16.7 Å². The fourth-order valence-corrected chi connectivity index (χ4v) is 12.3. The lowest BCUT2D eigenvalue weighted by molar-refractivity contribution is -0.403. The first-order chi connectivity index (χ1) is 36.9. The van der Waals surface area contributed by atoms with Gasteiger partial charge in [0, 0.05) is 0 Å². The Kier molecular flexibility index (Phi) is 20.2. The van der Waals surface area contributed by atoms with Gasteiger partial charge in [-0.2, -0.15) is 8.42 Å². The lowest BCUT2D eigenvalue weighted by Gasteiger charge is -2.51. The maximum Gasteiger partial charge on any atom is 0.298 e. The number of aliphatic hydroxyl groups is 17. The van der Waals surface area contributed by atoms with Gasteiger partial charge >= 0.3 is 0 Å². The number of benzene rings is 1. The first-order valence-electron chi connectivity index (χ1n) is 24.9. The van der Waals surface area contributed by atoms with Crippen molar-refractivity contribution in [2.24, 2.45) is 0 Å². The van der Waals surface area contributed by atoms with Gasteiger partial charge in [0.25, 0.3) is 10.1 Å². The van der Waals surface area contributed by atoms with E-state index < -0.39 is 234 Å². The standard InChI is InChI=1S/C45H70O32S/c1-12-4-13(2)39(14(3)5-12)78(63,64)77-38-31(62)37-20(11-51)70-45(38)76-36-19(10-50)69-43(30(61)25(36)56)74-34-17(8-48)67-41(28(59)23(34)54)72-32-15(6-46)65-40(26(57)21(32)52)71-33-16(7-47)66-42(27(58)22(33)53)73-35-18(9-49)68-44(75-37)29(60)24(35)55/h4-5,15-38,40-62H,6-11H2,1-3H3. The average molecular weight is 1160 g/mol. The summed E-state index contributed by atoms with van der Waals surface area (Å²) in [7, 11) is -5.02. The van der Waals surface area contributed by atoms with Crippen molar-refractivity contribution >= 4 is 10.1 Å². The topological polar surface area (TPSA) is 498 Å². The van der Waals surface area contributed by atoms with Gasteiger partial charge in [-0.3, -0.25) is 4.18 Å². The van der Waals surface area contributed by atoms with Crippen LogP contribution in [0.4, 0.5) is 0 Å². The van der Waals surface area contributed by atoms with Crippen molar-refractivity contribution in [3.63, 3.8) is 0 Å². The van der Waals surface area contributed by atoms with E-state index in [2.05, 4.69) is 0 Å². The smallest absolute Gasteiger partial charge is 0.298 e. The largest absolute Gasteiger partial charge is 0.394 e. The summed E-state index contributed by atoms with van der Waals surface area (Å²) >= 11 is 0. The van der Waals surface area contributed by atoms with Crippen LogP contribution < -0.4 is 0 Å². The van der Waals surface area contributed by atoms with Crippen LogP contribution in [-0.4, -0.2) is 319 Å². The van der Waals surface area contributed by atoms with Crippen molar-refractivity contribution in [1.82, 2.24) is 0 Å². The zero-order chi connectivity index (χ0) is 57.0. The molecule has 0 amide bonds. The van der Waals surface area contributed by atoms with Crippen LogP contribution in [0.3, 0.4) is 0 Å². The minimum Gasteiger partial charge on any atom is -0.394 e. The SMILES string of the molecule is Cc1cc(C)c(S(=O)(=O)OC2C3OC(CO)C(OC4OC(CO)C(OC5OC(CO)C(OC6OC(CO)C(OC7OC(CO)C(OC8OC(CO)C(O3)C(O)C8O)C(O)C7O)C(O)C6O)C(O)C5O)C(O)C4O)C2O)c(C)c1. The molecule has 12 bridgehead atoms. The molecule has 0 aromatic heterocycles. The van der Waals surface area contributed by atoms with Crippen LogP contribution in [0.25, 0.3) is 0 Å². The van der Waals surface area contributed by atoms with Gasteiger partial charge in [0.15, 0.2) is 43.8 Å². The first-order valence-corrected chi connectivity index (χ1v) is 26.3. The normalized spacial score (nSPS) is 48.9. The van der Waals surface area contributed by atoms with Crippen LogP contribution in [0.15, 0.2) is 17.0 Å². The molecule has 0 spiro atoms. The molecule has 22 aliphatic rings. The van der Waals surface area contributed by atoms with E-state index in [1.165, 1.54) is 26.0 Å². The molecular formula is C45H70O32S.